The van der Waals surface area contributed by atoms with Crippen LogP contribution < -0.4 is 0 Å². The first-order valence-electron chi connectivity index (χ1n) is 0. The number of hydrogen-bond acceptors (Lipinski definition) is 1. The first kappa shape index (κ1) is 40.9. The molecule has 0 saturated carbocycles. The van der Waals surface area contributed by atoms with Crippen LogP contribution in [0.4, 0.5) is 0 Å². The summed E-state index contributed by atoms with van der Waals surface area (Å²) in [6, 6.07) is 0. The number of rotatable bonds is 0. The summed E-state index contributed by atoms with van der Waals surface area (Å²) in [6.07, 6.45) is 0. The summed E-state index contributed by atoms with van der Waals surface area (Å²) < 4.78 is 0. The number of hydrogen-bond donors (Lipinski definition) is 0. The molecule has 0 spiro atoms. The van der Waals surface area contributed by atoms with Crippen molar-refractivity contribution in [2.24, 2.45) is 0 Å². The quantitative estimate of drug-likeness (QED) is 0.540. The van der Waals surface area contributed by atoms with Gasteiger partial charge in [-0.05, 0) is 0 Å². The third kappa shape index (κ3) is 9.17. The molecule has 1 N–H and O–H groups in total. The molecule has 0 bridgehead atoms. The van der Waals surface area contributed by atoms with Gasteiger partial charge < -0.3 is 5.48 Å². The SMILES string of the molecule is [Cu+].[Cu+].[OH-].[Sb+3]. The average molecular weight is 266 g/mol. The Morgan fingerprint density at radius 1 is 0.750 bits per heavy atom. The second-order valence-corrected chi connectivity index (χ2v) is 0. The molecule has 0 heterocycles. The summed E-state index contributed by atoms with van der Waals surface area (Å²) in [4.78, 5) is 0. The standard InChI is InChI=1S/2Cu.H2O.Sb/h;;1H2;/q2*+1;;+3/p-1. The van der Waals surface area contributed by atoms with Crippen LogP contribution in [0.5, 0.6) is 0 Å². The second kappa shape index (κ2) is 21.3. The maximum Gasteiger partial charge on any atom is 3.00 e. The predicted octanol–water partition coefficient (Wildman–Crippen LogP) is -0.563. The van der Waals surface area contributed by atoms with Gasteiger partial charge in [-0.15, -0.1) is 0 Å². The Balaban J connectivity index is 0. The molecular weight excluding hydrogens is 265 g/mol. The van der Waals surface area contributed by atoms with Crippen molar-refractivity contribution in [2.45, 2.75) is 0 Å². The molecule has 0 aliphatic carbocycles. The van der Waals surface area contributed by atoms with Crippen molar-refractivity contribution in [1.82, 2.24) is 0 Å². The molecule has 0 aromatic rings. The molecule has 0 fully saturated rings. The molecule has 4 heavy (non-hydrogen) atoms. The van der Waals surface area contributed by atoms with Crippen LogP contribution in [0.2, 0.25) is 0 Å². The molecule has 0 aliphatic heterocycles. The van der Waals surface area contributed by atoms with E-state index in [2.05, 4.69) is 0 Å². The smallest absolute Gasteiger partial charge is 0.870 e. The molecule has 0 aliphatic rings. The molecule has 2 radical (unpaired) electrons. The van der Waals surface area contributed by atoms with Crippen molar-refractivity contribution in [3.05, 3.63) is 0 Å². The van der Waals surface area contributed by atoms with E-state index >= 15 is 0 Å². The van der Waals surface area contributed by atoms with Crippen LogP contribution >= 0.6 is 0 Å². The van der Waals surface area contributed by atoms with Gasteiger partial charge in [0.15, 0.2) is 0 Å². The minimum absolute atomic E-state index is 0. The van der Waals surface area contributed by atoms with Crippen LogP contribution in [0.15, 0.2) is 0 Å². The Morgan fingerprint density at radius 2 is 0.750 bits per heavy atom. The van der Waals surface area contributed by atoms with Crippen LogP contribution in [0, 0.1) is 0 Å². The van der Waals surface area contributed by atoms with Crippen molar-refractivity contribution in [2.75, 3.05) is 0 Å². The minimum Gasteiger partial charge on any atom is -0.870 e. The fourth-order valence-corrected chi connectivity index (χ4v) is 0. The van der Waals surface area contributed by atoms with E-state index in [9.17, 15) is 0 Å². The fraction of sp³-hybridized carbons (Fsp3) is 0. The molecule has 0 aromatic carbocycles. The van der Waals surface area contributed by atoms with E-state index in [1.54, 1.807) is 0 Å². The van der Waals surface area contributed by atoms with E-state index in [-0.39, 0.29) is 64.0 Å². The third-order valence-electron chi connectivity index (χ3n) is 0. The van der Waals surface area contributed by atoms with Crippen molar-refractivity contribution < 1.29 is 39.6 Å². The summed E-state index contributed by atoms with van der Waals surface area (Å²) in [5.74, 6) is 0. The van der Waals surface area contributed by atoms with Gasteiger partial charge in [-0.1, -0.05) is 0 Å². The zero-order chi connectivity index (χ0) is 0. The average Bonchev–Trinajstić information content (AvgIpc) is 0. The molecular formula is HCu2OSb+4. The van der Waals surface area contributed by atoms with E-state index in [0.29, 0.717) is 0 Å². The summed E-state index contributed by atoms with van der Waals surface area (Å²) in [7, 11) is 0. The Kier molecular flexibility index (Phi) is 217. The molecule has 0 atom stereocenters. The topological polar surface area (TPSA) is 30.0 Å². The van der Waals surface area contributed by atoms with Crippen molar-refractivity contribution in [3.8, 4) is 0 Å². The maximum atomic E-state index is 0. The van der Waals surface area contributed by atoms with E-state index in [0.717, 1.165) is 0 Å². The Hall–Kier alpha value is 1.82. The van der Waals surface area contributed by atoms with Crippen LogP contribution in [-0.4, -0.2) is 29.9 Å². The molecule has 0 rings (SSSR count). The molecule has 30 valence electrons. The van der Waals surface area contributed by atoms with Crippen LogP contribution in [0.1, 0.15) is 0 Å². The van der Waals surface area contributed by atoms with Gasteiger partial charge >= 0.3 is 58.6 Å². The Labute approximate surface area is 63.6 Å². The zero-order valence-corrected chi connectivity index (χ0v) is 5.93. The first-order chi connectivity index (χ1) is 0. The molecule has 1 nitrogen and oxygen atoms in total. The van der Waals surface area contributed by atoms with Crippen LogP contribution in [0.3, 0.4) is 0 Å². The summed E-state index contributed by atoms with van der Waals surface area (Å²) >= 11 is 0. The third-order valence-corrected chi connectivity index (χ3v) is 0. The molecule has 4 heteroatoms. The predicted molar refractivity (Wildman–Crippen MR) is 7.69 cm³/mol. The van der Waals surface area contributed by atoms with Gasteiger partial charge in [0.05, 0.1) is 0 Å². The fourth-order valence-electron chi connectivity index (χ4n) is 0. The monoisotopic (exact) mass is 264 g/mol. The van der Waals surface area contributed by atoms with Gasteiger partial charge in [0.25, 0.3) is 0 Å². The van der Waals surface area contributed by atoms with E-state index in [1.165, 1.54) is 0 Å². The van der Waals surface area contributed by atoms with Gasteiger partial charge in [-0.25, -0.2) is 0 Å². The van der Waals surface area contributed by atoms with Gasteiger partial charge in [0.1, 0.15) is 0 Å². The van der Waals surface area contributed by atoms with Gasteiger partial charge in [-0.3, -0.25) is 0 Å². The van der Waals surface area contributed by atoms with E-state index in [4.69, 9.17) is 0 Å². The summed E-state index contributed by atoms with van der Waals surface area (Å²) in [6.45, 7) is 0. The van der Waals surface area contributed by atoms with Crippen molar-refractivity contribution in [3.63, 3.8) is 0 Å². The van der Waals surface area contributed by atoms with Gasteiger partial charge in [0, 0.05) is 0 Å². The summed E-state index contributed by atoms with van der Waals surface area (Å²) in [5, 5.41) is 0. The minimum atomic E-state index is 0. The van der Waals surface area contributed by atoms with E-state index < -0.39 is 0 Å². The Morgan fingerprint density at radius 3 is 0.750 bits per heavy atom. The van der Waals surface area contributed by atoms with E-state index in [1.807, 2.05) is 0 Å². The van der Waals surface area contributed by atoms with Gasteiger partial charge in [-0.2, -0.15) is 0 Å². The molecule has 0 unspecified atom stereocenters. The second-order valence-electron chi connectivity index (χ2n) is 0. The van der Waals surface area contributed by atoms with Crippen LogP contribution in [-0.2, 0) is 34.1 Å². The van der Waals surface area contributed by atoms with Gasteiger partial charge in [0.2, 0.25) is 0 Å². The first-order valence-corrected chi connectivity index (χ1v) is 0. The zero-order valence-electron chi connectivity index (χ0n) is 1.50. The normalized spacial score (nSPS) is 0. The van der Waals surface area contributed by atoms with Crippen molar-refractivity contribution in [1.29, 1.82) is 0 Å². The molecule has 0 aromatic heterocycles. The molecule has 0 amide bonds. The summed E-state index contributed by atoms with van der Waals surface area (Å²) in [5.41, 5.74) is 0. The van der Waals surface area contributed by atoms with Crippen molar-refractivity contribution >= 4 is 24.4 Å². The molecule has 0 saturated heterocycles. The Bertz CT molecular complexity index is 6.00. The van der Waals surface area contributed by atoms with Crippen LogP contribution in [0.25, 0.3) is 0 Å². The largest absolute Gasteiger partial charge is 3.00 e. The maximum absolute atomic E-state index is 0.